The summed E-state index contributed by atoms with van der Waals surface area (Å²) in [4.78, 5) is 4.18. The molecule has 5 heteroatoms. The number of hydrazine groups is 1. The third kappa shape index (κ3) is 3.81. The van der Waals surface area contributed by atoms with Crippen LogP contribution in [0.1, 0.15) is 29.7 Å². The number of hydrogen-bond donors (Lipinski definition) is 2. The van der Waals surface area contributed by atoms with Crippen LogP contribution in [0.4, 0.5) is 0 Å². The summed E-state index contributed by atoms with van der Waals surface area (Å²) in [5.41, 5.74) is 6.51. The van der Waals surface area contributed by atoms with Gasteiger partial charge in [-0.25, -0.2) is 0 Å². The lowest BCUT2D eigenvalue weighted by molar-refractivity contribution is 0.412. The Hall–Kier alpha value is -1.43. The third-order valence-corrected chi connectivity index (χ3v) is 4.17. The van der Waals surface area contributed by atoms with Gasteiger partial charge in [-0.2, -0.15) is 0 Å². The summed E-state index contributed by atoms with van der Waals surface area (Å²) in [6.45, 7) is 2.12. The van der Waals surface area contributed by atoms with Gasteiger partial charge < -0.3 is 4.74 Å². The summed E-state index contributed by atoms with van der Waals surface area (Å²) in [6.07, 6.45) is 5.45. The Kier molecular flexibility index (Phi) is 5.73. The molecule has 0 aliphatic heterocycles. The second kappa shape index (κ2) is 7.54. The van der Waals surface area contributed by atoms with Gasteiger partial charge in [0, 0.05) is 12.4 Å². The summed E-state index contributed by atoms with van der Waals surface area (Å²) in [7, 11) is 1.66. The molecular formula is C16H20BrN3O. The highest BCUT2D eigenvalue weighted by Crippen LogP contribution is 2.28. The number of benzene rings is 1. The summed E-state index contributed by atoms with van der Waals surface area (Å²) < 4.78 is 6.20. The minimum atomic E-state index is 0.0586. The van der Waals surface area contributed by atoms with Gasteiger partial charge in [-0.3, -0.25) is 16.3 Å². The summed E-state index contributed by atoms with van der Waals surface area (Å²) >= 11 is 3.52. The Morgan fingerprint density at radius 3 is 2.81 bits per heavy atom. The van der Waals surface area contributed by atoms with Gasteiger partial charge in [0.25, 0.3) is 0 Å². The molecule has 21 heavy (non-hydrogen) atoms. The molecule has 0 radical (unpaired) electrons. The maximum Gasteiger partial charge on any atom is 0.133 e. The molecule has 2 rings (SSSR count). The van der Waals surface area contributed by atoms with Crippen LogP contribution in [-0.2, 0) is 12.8 Å². The fourth-order valence-electron chi connectivity index (χ4n) is 2.40. The second-order valence-corrected chi connectivity index (χ2v) is 5.67. The van der Waals surface area contributed by atoms with E-state index in [0.29, 0.717) is 0 Å². The first-order valence-electron chi connectivity index (χ1n) is 6.90. The van der Waals surface area contributed by atoms with Crippen molar-refractivity contribution in [3.63, 3.8) is 0 Å². The zero-order valence-electron chi connectivity index (χ0n) is 12.3. The number of pyridine rings is 1. The zero-order valence-corrected chi connectivity index (χ0v) is 13.9. The van der Waals surface area contributed by atoms with Crippen molar-refractivity contribution in [1.29, 1.82) is 0 Å². The lowest BCUT2D eigenvalue weighted by Gasteiger charge is -2.19. The average molecular weight is 350 g/mol. The number of hydrogen-bond acceptors (Lipinski definition) is 4. The van der Waals surface area contributed by atoms with Gasteiger partial charge >= 0.3 is 0 Å². The molecule has 2 aromatic rings. The highest BCUT2D eigenvalue weighted by Gasteiger charge is 2.14. The van der Waals surface area contributed by atoms with E-state index < -0.39 is 0 Å². The highest BCUT2D eigenvalue weighted by molar-refractivity contribution is 9.10. The SMILES string of the molecule is CCc1cnccc1C(Cc1ccc(OC)c(Br)c1)NN. The van der Waals surface area contributed by atoms with Crippen LogP contribution < -0.4 is 16.0 Å². The van der Waals surface area contributed by atoms with Crippen LogP contribution in [0.25, 0.3) is 0 Å². The van der Waals surface area contributed by atoms with Crippen LogP contribution in [0.3, 0.4) is 0 Å². The number of methoxy groups -OCH3 is 1. The van der Waals surface area contributed by atoms with Crippen molar-refractivity contribution in [3.05, 3.63) is 57.8 Å². The van der Waals surface area contributed by atoms with Crippen molar-refractivity contribution in [2.45, 2.75) is 25.8 Å². The summed E-state index contributed by atoms with van der Waals surface area (Å²) in [5.74, 6) is 6.59. The van der Waals surface area contributed by atoms with E-state index in [1.807, 2.05) is 24.5 Å². The van der Waals surface area contributed by atoms with Gasteiger partial charge in [0.1, 0.15) is 5.75 Å². The van der Waals surface area contributed by atoms with Gasteiger partial charge in [0.05, 0.1) is 17.6 Å². The van der Waals surface area contributed by atoms with Crippen LogP contribution in [0.15, 0.2) is 41.1 Å². The number of nitrogens with zero attached hydrogens (tertiary/aromatic N) is 1. The predicted molar refractivity (Wildman–Crippen MR) is 88.1 cm³/mol. The standard InChI is InChI=1S/C16H20BrN3O/c1-3-12-10-19-7-6-13(12)15(20-18)9-11-4-5-16(21-2)14(17)8-11/h4-8,10,15,20H,3,9,18H2,1-2H3. The fraction of sp³-hybridized carbons (Fsp3) is 0.312. The summed E-state index contributed by atoms with van der Waals surface area (Å²) in [5, 5.41) is 0. The third-order valence-electron chi connectivity index (χ3n) is 3.55. The number of aryl methyl sites for hydroxylation is 1. The van der Waals surface area contributed by atoms with E-state index in [1.165, 1.54) is 16.7 Å². The van der Waals surface area contributed by atoms with Crippen molar-refractivity contribution in [2.24, 2.45) is 5.84 Å². The molecule has 0 aliphatic carbocycles. The van der Waals surface area contributed by atoms with E-state index in [2.05, 4.69) is 45.4 Å². The van der Waals surface area contributed by atoms with Gasteiger partial charge in [0.15, 0.2) is 0 Å². The largest absolute Gasteiger partial charge is 0.496 e. The van der Waals surface area contributed by atoms with Crippen LogP contribution in [0, 0.1) is 0 Å². The fourth-order valence-corrected chi connectivity index (χ4v) is 2.99. The summed E-state index contributed by atoms with van der Waals surface area (Å²) in [6, 6.07) is 8.17. The smallest absolute Gasteiger partial charge is 0.133 e. The predicted octanol–water partition coefficient (Wildman–Crippen LogP) is 3.16. The molecule has 1 aromatic heterocycles. The molecule has 0 amide bonds. The topological polar surface area (TPSA) is 60.2 Å². The zero-order chi connectivity index (χ0) is 15.2. The second-order valence-electron chi connectivity index (χ2n) is 4.82. The minimum Gasteiger partial charge on any atom is -0.496 e. The molecule has 1 unspecified atom stereocenters. The van der Waals surface area contributed by atoms with Crippen molar-refractivity contribution >= 4 is 15.9 Å². The first kappa shape index (κ1) is 15.9. The number of nitrogens with one attached hydrogen (secondary N) is 1. The van der Waals surface area contributed by atoms with Gasteiger partial charge in [-0.15, -0.1) is 0 Å². The Morgan fingerprint density at radius 1 is 1.38 bits per heavy atom. The molecule has 0 saturated carbocycles. The molecule has 1 atom stereocenters. The molecule has 112 valence electrons. The Bertz CT molecular complexity index is 604. The monoisotopic (exact) mass is 349 g/mol. The maximum atomic E-state index is 5.76. The van der Waals surface area contributed by atoms with E-state index in [1.54, 1.807) is 7.11 Å². The normalized spacial score (nSPS) is 12.2. The Labute approximate surface area is 133 Å². The quantitative estimate of drug-likeness (QED) is 0.621. The maximum absolute atomic E-state index is 5.76. The van der Waals surface area contributed by atoms with E-state index in [4.69, 9.17) is 10.6 Å². The number of nitrogens with two attached hydrogens (primary N) is 1. The van der Waals surface area contributed by atoms with Gasteiger partial charge in [-0.1, -0.05) is 13.0 Å². The molecule has 0 saturated heterocycles. The van der Waals surface area contributed by atoms with E-state index in [0.717, 1.165) is 23.1 Å². The molecule has 0 bridgehead atoms. The number of ether oxygens (including phenoxy) is 1. The molecule has 0 aliphatic rings. The molecule has 0 spiro atoms. The Balaban J connectivity index is 2.25. The van der Waals surface area contributed by atoms with Crippen molar-refractivity contribution in [1.82, 2.24) is 10.4 Å². The van der Waals surface area contributed by atoms with E-state index in [9.17, 15) is 0 Å². The molecule has 0 fully saturated rings. The van der Waals surface area contributed by atoms with Crippen molar-refractivity contribution in [2.75, 3.05) is 7.11 Å². The lowest BCUT2D eigenvalue weighted by Crippen LogP contribution is -2.30. The molecule has 3 N–H and O–H groups in total. The number of aromatic nitrogens is 1. The van der Waals surface area contributed by atoms with Gasteiger partial charge in [-0.05, 0) is 63.7 Å². The van der Waals surface area contributed by atoms with Crippen molar-refractivity contribution in [3.8, 4) is 5.75 Å². The molecule has 4 nitrogen and oxygen atoms in total. The lowest BCUT2D eigenvalue weighted by atomic mass is 9.95. The molecule has 1 heterocycles. The minimum absolute atomic E-state index is 0.0586. The van der Waals surface area contributed by atoms with Crippen LogP contribution >= 0.6 is 15.9 Å². The Morgan fingerprint density at radius 2 is 2.19 bits per heavy atom. The van der Waals surface area contributed by atoms with Crippen molar-refractivity contribution < 1.29 is 4.74 Å². The number of halogens is 1. The molecular weight excluding hydrogens is 330 g/mol. The van der Waals surface area contributed by atoms with Crippen LogP contribution in [0.2, 0.25) is 0 Å². The van der Waals surface area contributed by atoms with E-state index >= 15 is 0 Å². The number of rotatable bonds is 6. The molecule has 1 aromatic carbocycles. The van der Waals surface area contributed by atoms with Crippen LogP contribution in [-0.4, -0.2) is 12.1 Å². The van der Waals surface area contributed by atoms with E-state index in [-0.39, 0.29) is 6.04 Å². The highest BCUT2D eigenvalue weighted by atomic mass is 79.9. The first-order chi connectivity index (χ1) is 10.2. The van der Waals surface area contributed by atoms with Gasteiger partial charge in [0.2, 0.25) is 0 Å². The first-order valence-corrected chi connectivity index (χ1v) is 7.70. The van der Waals surface area contributed by atoms with Crippen LogP contribution in [0.5, 0.6) is 5.75 Å². The average Bonchev–Trinajstić information content (AvgIpc) is 2.52.